The lowest BCUT2D eigenvalue weighted by Gasteiger charge is -1.99. The van der Waals surface area contributed by atoms with Crippen molar-refractivity contribution in [3.05, 3.63) is 40.1 Å². The Morgan fingerprint density at radius 2 is 2.06 bits per heavy atom. The molecule has 0 radical (unpaired) electrons. The number of carboxylic acids is 1. The van der Waals surface area contributed by atoms with Gasteiger partial charge in [0.15, 0.2) is 5.76 Å². The van der Waals surface area contributed by atoms with Crippen molar-refractivity contribution in [2.24, 2.45) is 0 Å². The molecule has 18 heavy (non-hydrogen) atoms. The smallest absolute Gasteiger partial charge is 0.341 e. The second-order valence-corrected chi connectivity index (χ2v) is 4.81. The Morgan fingerprint density at radius 3 is 2.61 bits per heavy atom. The first-order valence-corrected chi connectivity index (χ1v) is 6.40. The zero-order valence-electron chi connectivity index (χ0n) is 9.81. The average Bonchev–Trinajstić information content (AvgIpc) is 2.74. The zero-order valence-corrected chi connectivity index (χ0v) is 11.4. The van der Waals surface area contributed by atoms with Crippen LogP contribution in [0.5, 0.6) is 0 Å². The van der Waals surface area contributed by atoms with Crippen LogP contribution in [0.4, 0.5) is 0 Å². The molecule has 5 heteroatoms. The number of nitrogens with zero attached hydrogens (tertiary/aromatic N) is 1. The second kappa shape index (κ2) is 5.35. The summed E-state index contributed by atoms with van der Waals surface area (Å²) in [7, 11) is 0. The van der Waals surface area contributed by atoms with Crippen molar-refractivity contribution in [2.45, 2.75) is 19.8 Å². The van der Waals surface area contributed by atoms with E-state index in [9.17, 15) is 9.90 Å². The van der Waals surface area contributed by atoms with E-state index in [1.165, 1.54) is 0 Å². The maximum atomic E-state index is 11.3. The van der Waals surface area contributed by atoms with Gasteiger partial charge >= 0.3 is 5.97 Å². The predicted octanol–water partition coefficient (Wildman–Crippen LogP) is 3.75. The van der Waals surface area contributed by atoms with Gasteiger partial charge < -0.3 is 9.63 Å². The normalized spacial score (nSPS) is 10.6. The minimum atomic E-state index is -1.00. The summed E-state index contributed by atoms with van der Waals surface area (Å²) in [4.78, 5) is 11.3. The summed E-state index contributed by atoms with van der Waals surface area (Å²) >= 11 is 3.34. The van der Waals surface area contributed by atoms with E-state index in [1.54, 1.807) is 0 Å². The van der Waals surface area contributed by atoms with Gasteiger partial charge in [-0.1, -0.05) is 40.1 Å². The van der Waals surface area contributed by atoms with Crippen molar-refractivity contribution in [2.75, 3.05) is 0 Å². The molecule has 2 rings (SSSR count). The number of rotatable bonds is 4. The molecule has 0 amide bonds. The molecule has 0 bridgehead atoms. The highest BCUT2D eigenvalue weighted by Gasteiger charge is 2.22. The van der Waals surface area contributed by atoms with Gasteiger partial charge in [-0.25, -0.2) is 4.79 Å². The number of benzene rings is 1. The molecule has 94 valence electrons. The fourth-order valence-corrected chi connectivity index (χ4v) is 2.01. The summed E-state index contributed by atoms with van der Waals surface area (Å²) in [6.45, 7) is 1.97. The Kier molecular flexibility index (Phi) is 3.81. The molecule has 0 aliphatic heterocycles. The average molecular weight is 310 g/mol. The summed E-state index contributed by atoms with van der Waals surface area (Å²) in [5.74, 6) is -0.569. The van der Waals surface area contributed by atoms with E-state index >= 15 is 0 Å². The van der Waals surface area contributed by atoms with Crippen molar-refractivity contribution in [1.29, 1.82) is 0 Å². The van der Waals surface area contributed by atoms with Crippen LogP contribution in [0.1, 0.15) is 29.5 Å². The van der Waals surface area contributed by atoms with Crippen LogP contribution in [-0.4, -0.2) is 16.2 Å². The summed E-state index contributed by atoms with van der Waals surface area (Å²) in [5.41, 5.74) is 1.29. The quantitative estimate of drug-likeness (QED) is 0.934. The van der Waals surface area contributed by atoms with Gasteiger partial charge in [-0.3, -0.25) is 0 Å². The van der Waals surface area contributed by atoms with Crippen LogP contribution in [0.15, 0.2) is 33.3 Å². The third-order valence-corrected chi connectivity index (χ3v) is 3.10. The molecular weight excluding hydrogens is 298 g/mol. The SMILES string of the molecule is CCCc1onc(-c2ccc(Br)cc2)c1C(=O)O. The summed E-state index contributed by atoms with van der Waals surface area (Å²) in [6.07, 6.45) is 1.39. The van der Waals surface area contributed by atoms with Gasteiger partial charge in [0, 0.05) is 16.5 Å². The first kappa shape index (κ1) is 12.8. The number of carboxylic acid groups (broad SMARTS) is 1. The lowest BCUT2D eigenvalue weighted by Crippen LogP contribution is -2.01. The highest BCUT2D eigenvalue weighted by atomic mass is 79.9. The highest BCUT2D eigenvalue weighted by Crippen LogP contribution is 2.27. The van der Waals surface area contributed by atoms with Crippen LogP contribution in [0, 0.1) is 0 Å². The number of hydrogen-bond acceptors (Lipinski definition) is 3. The molecule has 1 N–H and O–H groups in total. The van der Waals surface area contributed by atoms with Crippen molar-refractivity contribution in [3.63, 3.8) is 0 Å². The molecule has 1 aromatic heterocycles. The topological polar surface area (TPSA) is 63.3 Å². The van der Waals surface area contributed by atoms with Crippen LogP contribution >= 0.6 is 15.9 Å². The Hall–Kier alpha value is -1.62. The Morgan fingerprint density at radius 1 is 1.39 bits per heavy atom. The van der Waals surface area contributed by atoms with E-state index in [4.69, 9.17) is 4.52 Å². The number of aryl methyl sites for hydroxylation is 1. The van der Waals surface area contributed by atoms with Gasteiger partial charge in [-0.2, -0.15) is 0 Å². The molecular formula is C13H12BrNO3. The monoisotopic (exact) mass is 309 g/mol. The molecule has 2 aromatic rings. The highest BCUT2D eigenvalue weighted by molar-refractivity contribution is 9.10. The van der Waals surface area contributed by atoms with Crippen LogP contribution in [-0.2, 0) is 6.42 Å². The van der Waals surface area contributed by atoms with Gasteiger partial charge in [0.2, 0.25) is 0 Å². The minimum absolute atomic E-state index is 0.166. The van der Waals surface area contributed by atoms with Gasteiger partial charge in [0.05, 0.1) is 0 Å². The number of carbonyl (C=O) groups is 1. The Labute approximate surface area is 113 Å². The van der Waals surface area contributed by atoms with Crippen LogP contribution in [0.3, 0.4) is 0 Å². The van der Waals surface area contributed by atoms with E-state index in [-0.39, 0.29) is 5.56 Å². The molecule has 4 nitrogen and oxygen atoms in total. The van der Waals surface area contributed by atoms with Crippen LogP contribution in [0.25, 0.3) is 11.3 Å². The van der Waals surface area contributed by atoms with Crippen LogP contribution in [0.2, 0.25) is 0 Å². The lowest BCUT2D eigenvalue weighted by atomic mass is 10.0. The van der Waals surface area contributed by atoms with Crippen molar-refractivity contribution < 1.29 is 14.4 Å². The van der Waals surface area contributed by atoms with E-state index in [0.717, 1.165) is 16.5 Å². The molecule has 0 unspecified atom stereocenters. The number of hydrogen-bond donors (Lipinski definition) is 1. The molecule has 0 saturated heterocycles. The van der Waals surface area contributed by atoms with Gasteiger partial charge in [0.1, 0.15) is 11.3 Å². The molecule has 0 fully saturated rings. The molecule has 0 saturated carbocycles. The first-order valence-electron chi connectivity index (χ1n) is 5.61. The standard InChI is InChI=1S/C13H12BrNO3/c1-2-3-10-11(13(16)17)12(15-18-10)8-4-6-9(14)7-5-8/h4-7H,2-3H2,1H3,(H,16,17). The van der Waals surface area contributed by atoms with Crippen molar-refractivity contribution >= 4 is 21.9 Å². The predicted molar refractivity (Wildman–Crippen MR) is 70.6 cm³/mol. The van der Waals surface area contributed by atoms with E-state index in [0.29, 0.717) is 17.9 Å². The first-order chi connectivity index (χ1) is 8.63. The van der Waals surface area contributed by atoms with Gasteiger partial charge in [-0.15, -0.1) is 0 Å². The van der Waals surface area contributed by atoms with E-state index in [2.05, 4.69) is 21.1 Å². The van der Waals surface area contributed by atoms with Crippen LogP contribution < -0.4 is 0 Å². The third-order valence-electron chi connectivity index (χ3n) is 2.57. The third kappa shape index (κ3) is 2.46. The van der Waals surface area contributed by atoms with E-state index < -0.39 is 5.97 Å². The molecule has 1 heterocycles. The number of halogens is 1. The maximum Gasteiger partial charge on any atom is 0.341 e. The Bertz CT molecular complexity index is 560. The fourth-order valence-electron chi connectivity index (χ4n) is 1.75. The summed E-state index contributed by atoms with van der Waals surface area (Å²) in [6, 6.07) is 7.30. The van der Waals surface area contributed by atoms with Gasteiger partial charge in [-0.05, 0) is 18.6 Å². The Balaban J connectivity index is 2.50. The minimum Gasteiger partial charge on any atom is -0.477 e. The molecule has 0 aliphatic carbocycles. The van der Waals surface area contributed by atoms with E-state index in [1.807, 2.05) is 31.2 Å². The molecule has 0 atom stereocenters. The second-order valence-electron chi connectivity index (χ2n) is 3.89. The van der Waals surface area contributed by atoms with Crippen molar-refractivity contribution in [1.82, 2.24) is 5.16 Å². The lowest BCUT2D eigenvalue weighted by molar-refractivity contribution is 0.0695. The molecule has 0 spiro atoms. The number of aromatic nitrogens is 1. The summed E-state index contributed by atoms with van der Waals surface area (Å²) in [5, 5.41) is 13.2. The molecule has 0 aliphatic rings. The maximum absolute atomic E-state index is 11.3. The zero-order chi connectivity index (χ0) is 13.1. The largest absolute Gasteiger partial charge is 0.477 e. The van der Waals surface area contributed by atoms with Gasteiger partial charge in [0.25, 0.3) is 0 Å². The summed E-state index contributed by atoms with van der Waals surface area (Å²) < 4.78 is 6.07. The van der Waals surface area contributed by atoms with Crippen molar-refractivity contribution in [3.8, 4) is 11.3 Å². The number of aromatic carboxylic acids is 1. The molecule has 1 aromatic carbocycles. The fraction of sp³-hybridized carbons (Fsp3) is 0.231.